The van der Waals surface area contributed by atoms with Gasteiger partial charge in [-0.05, 0) is 17.7 Å². The molecule has 0 bridgehead atoms. The molecular weight excluding hydrogens is 183 g/mol. The van der Waals surface area contributed by atoms with Gasteiger partial charge < -0.3 is 11.5 Å². The van der Waals surface area contributed by atoms with Crippen molar-refractivity contribution in [2.45, 2.75) is 6.54 Å². The van der Waals surface area contributed by atoms with E-state index in [4.69, 9.17) is 34.7 Å². The van der Waals surface area contributed by atoms with Crippen LogP contribution in [0.1, 0.15) is 5.56 Å². The minimum atomic E-state index is 0.374. The maximum absolute atomic E-state index is 5.78. The minimum absolute atomic E-state index is 0.374. The molecule has 0 radical (unpaired) electrons. The second-order valence-electron chi connectivity index (χ2n) is 2.17. The molecule has 0 saturated carbocycles. The van der Waals surface area contributed by atoms with Gasteiger partial charge in [-0.15, -0.1) is 0 Å². The van der Waals surface area contributed by atoms with E-state index in [9.17, 15) is 0 Å². The predicted molar refractivity (Wildman–Crippen MR) is 48.8 cm³/mol. The van der Waals surface area contributed by atoms with E-state index in [2.05, 4.69) is 0 Å². The largest absolute Gasteiger partial charge is 0.397 e. The van der Waals surface area contributed by atoms with Crippen molar-refractivity contribution in [2.75, 3.05) is 5.73 Å². The Bertz CT molecular complexity index is 273. The number of benzene rings is 1. The Morgan fingerprint density at radius 1 is 1.18 bits per heavy atom. The molecule has 0 atom stereocenters. The van der Waals surface area contributed by atoms with Crippen LogP contribution in [0.15, 0.2) is 12.1 Å². The fraction of sp³-hybridized carbons (Fsp3) is 0.143. The molecule has 0 fully saturated rings. The third kappa shape index (κ3) is 1.77. The lowest BCUT2D eigenvalue weighted by molar-refractivity contribution is 1.07. The van der Waals surface area contributed by atoms with Crippen LogP contribution in [-0.4, -0.2) is 0 Å². The quantitative estimate of drug-likeness (QED) is 0.667. The van der Waals surface area contributed by atoms with Crippen LogP contribution in [0.25, 0.3) is 0 Å². The molecule has 0 saturated heterocycles. The van der Waals surface area contributed by atoms with Gasteiger partial charge in [0.2, 0.25) is 0 Å². The summed E-state index contributed by atoms with van der Waals surface area (Å²) >= 11 is 11.5. The maximum atomic E-state index is 5.78. The number of nitrogen functional groups attached to an aromatic ring is 1. The molecule has 0 spiro atoms. The zero-order valence-electron chi connectivity index (χ0n) is 5.77. The van der Waals surface area contributed by atoms with E-state index in [-0.39, 0.29) is 0 Å². The molecule has 60 valence electrons. The van der Waals surface area contributed by atoms with E-state index in [0.29, 0.717) is 22.3 Å². The van der Waals surface area contributed by atoms with E-state index in [1.807, 2.05) is 0 Å². The summed E-state index contributed by atoms with van der Waals surface area (Å²) in [5.41, 5.74) is 12.2. The van der Waals surface area contributed by atoms with Gasteiger partial charge in [0.05, 0.1) is 10.7 Å². The highest BCUT2D eigenvalue weighted by Gasteiger charge is 2.02. The summed E-state index contributed by atoms with van der Waals surface area (Å²) in [6, 6.07) is 3.28. The Kier molecular flexibility index (Phi) is 2.60. The molecule has 0 aliphatic carbocycles. The molecule has 11 heavy (non-hydrogen) atoms. The molecule has 4 N–H and O–H groups in total. The summed E-state index contributed by atoms with van der Waals surface area (Å²) < 4.78 is 0. The van der Waals surface area contributed by atoms with Crippen molar-refractivity contribution >= 4 is 28.9 Å². The van der Waals surface area contributed by atoms with Gasteiger partial charge in [0.15, 0.2) is 0 Å². The lowest BCUT2D eigenvalue weighted by Crippen LogP contribution is -1.98. The van der Waals surface area contributed by atoms with E-state index in [0.717, 1.165) is 5.56 Å². The Balaban J connectivity index is 3.21. The van der Waals surface area contributed by atoms with Crippen molar-refractivity contribution in [1.82, 2.24) is 0 Å². The third-order valence-electron chi connectivity index (χ3n) is 1.39. The topological polar surface area (TPSA) is 52.0 Å². The van der Waals surface area contributed by atoms with Crippen LogP contribution in [-0.2, 0) is 6.54 Å². The average Bonchev–Trinajstić information content (AvgIpc) is 1.97. The van der Waals surface area contributed by atoms with Gasteiger partial charge in [-0.2, -0.15) is 0 Å². The van der Waals surface area contributed by atoms with Gasteiger partial charge in [0.1, 0.15) is 0 Å². The van der Waals surface area contributed by atoms with Crippen LogP contribution in [0.5, 0.6) is 0 Å². The van der Waals surface area contributed by atoms with Gasteiger partial charge in [-0.1, -0.05) is 23.2 Å². The second-order valence-corrected chi connectivity index (χ2v) is 2.98. The summed E-state index contributed by atoms with van der Waals surface area (Å²) in [6.07, 6.45) is 0. The standard InChI is InChI=1S/C7H8Cl2N2/c8-5-2-7(11)6(9)1-4(5)3-10/h1-2H,3,10-11H2. The van der Waals surface area contributed by atoms with E-state index >= 15 is 0 Å². The van der Waals surface area contributed by atoms with Gasteiger partial charge in [-0.25, -0.2) is 0 Å². The first-order valence-corrected chi connectivity index (χ1v) is 3.84. The van der Waals surface area contributed by atoms with Gasteiger partial charge in [-0.3, -0.25) is 0 Å². The van der Waals surface area contributed by atoms with Crippen molar-refractivity contribution in [1.29, 1.82) is 0 Å². The minimum Gasteiger partial charge on any atom is -0.397 e. The zero-order chi connectivity index (χ0) is 8.43. The van der Waals surface area contributed by atoms with Crippen LogP contribution in [0.3, 0.4) is 0 Å². The molecule has 1 rings (SSSR count). The summed E-state index contributed by atoms with van der Waals surface area (Å²) in [5.74, 6) is 0. The van der Waals surface area contributed by atoms with Crippen molar-refractivity contribution in [3.63, 3.8) is 0 Å². The molecular formula is C7H8Cl2N2. The fourth-order valence-corrected chi connectivity index (χ4v) is 1.20. The lowest BCUT2D eigenvalue weighted by atomic mass is 10.2. The average molecular weight is 191 g/mol. The Morgan fingerprint density at radius 2 is 1.82 bits per heavy atom. The smallest absolute Gasteiger partial charge is 0.0639 e. The highest BCUT2D eigenvalue weighted by atomic mass is 35.5. The molecule has 0 amide bonds. The first-order valence-electron chi connectivity index (χ1n) is 3.08. The lowest BCUT2D eigenvalue weighted by Gasteiger charge is -2.03. The van der Waals surface area contributed by atoms with Crippen LogP contribution in [0, 0.1) is 0 Å². The summed E-state index contributed by atoms with van der Waals surface area (Å²) in [4.78, 5) is 0. The Labute approximate surface area is 75.1 Å². The number of nitrogens with two attached hydrogens (primary N) is 2. The highest BCUT2D eigenvalue weighted by molar-refractivity contribution is 6.35. The van der Waals surface area contributed by atoms with Crippen LogP contribution in [0.2, 0.25) is 10.0 Å². The molecule has 0 aromatic heterocycles. The number of halogens is 2. The predicted octanol–water partition coefficient (Wildman–Crippen LogP) is 2.03. The number of rotatable bonds is 1. The summed E-state index contributed by atoms with van der Waals surface area (Å²) in [7, 11) is 0. The number of hydrogen-bond donors (Lipinski definition) is 2. The molecule has 0 heterocycles. The first-order chi connectivity index (χ1) is 5.15. The second kappa shape index (κ2) is 3.30. The SMILES string of the molecule is NCc1cc(Cl)c(N)cc1Cl. The zero-order valence-corrected chi connectivity index (χ0v) is 7.28. The van der Waals surface area contributed by atoms with Gasteiger partial charge >= 0.3 is 0 Å². The molecule has 4 heteroatoms. The fourth-order valence-electron chi connectivity index (χ4n) is 0.760. The molecule has 0 aliphatic rings. The van der Waals surface area contributed by atoms with Crippen LogP contribution >= 0.6 is 23.2 Å². The van der Waals surface area contributed by atoms with E-state index < -0.39 is 0 Å². The molecule has 0 unspecified atom stereocenters. The summed E-state index contributed by atoms with van der Waals surface area (Å²) in [5, 5.41) is 1.06. The Hall–Kier alpha value is -0.440. The maximum Gasteiger partial charge on any atom is 0.0639 e. The number of hydrogen-bond acceptors (Lipinski definition) is 2. The molecule has 1 aromatic rings. The first kappa shape index (κ1) is 8.65. The Morgan fingerprint density at radius 3 is 2.36 bits per heavy atom. The molecule has 0 aliphatic heterocycles. The van der Waals surface area contributed by atoms with Crippen molar-refractivity contribution < 1.29 is 0 Å². The highest BCUT2D eigenvalue weighted by Crippen LogP contribution is 2.26. The normalized spacial score (nSPS) is 10.1. The monoisotopic (exact) mass is 190 g/mol. The van der Waals surface area contributed by atoms with Gasteiger partial charge in [0.25, 0.3) is 0 Å². The van der Waals surface area contributed by atoms with E-state index in [1.165, 1.54) is 0 Å². The van der Waals surface area contributed by atoms with Crippen LogP contribution < -0.4 is 11.5 Å². The van der Waals surface area contributed by atoms with Gasteiger partial charge in [0, 0.05) is 11.6 Å². The van der Waals surface area contributed by atoms with Crippen molar-refractivity contribution in [3.05, 3.63) is 27.7 Å². The van der Waals surface area contributed by atoms with Crippen molar-refractivity contribution in [3.8, 4) is 0 Å². The number of anilines is 1. The van der Waals surface area contributed by atoms with Crippen LogP contribution in [0.4, 0.5) is 5.69 Å². The molecule has 2 nitrogen and oxygen atoms in total. The molecule has 1 aromatic carbocycles. The van der Waals surface area contributed by atoms with Crippen molar-refractivity contribution in [2.24, 2.45) is 5.73 Å². The van der Waals surface area contributed by atoms with E-state index in [1.54, 1.807) is 12.1 Å². The summed E-state index contributed by atoms with van der Waals surface area (Å²) in [6.45, 7) is 0.374. The third-order valence-corrected chi connectivity index (χ3v) is 2.06.